The minimum atomic E-state index is -0.499. The Morgan fingerprint density at radius 1 is 1.00 bits per heavy atom. The van der Waals surface area contributed by atoms with Crippen LogP contribution in [0.15, 0.2) is 34.9 Å². The van der Waals surface area contributed by atoms with Crippen molar-refractivity contribution in [3.63, 3.8) is 0 Å². The summed E-state index contributed by atoms with van der Waals surface area (Å²) < 4.78 is 13.8. The molecule has 9 heteroatoms. The van der Waals surface area contributed by atoms with Crippen molar-refractivity contribution >= 4 is 50.9 Å². The van der Waals surface area contributed by atoms with E-state index in [-0.39, 0.29) is 27.6 Å². The van der Waals surface area contributed by atoms with Crippen LogP contribution in [-0.2, 0) is 0 Å². The SMILES string of the molecule is O=C(c1ccc(F)cc1Cl)N1CCN(C(=O)c2cc(Br)cnc2Cl)CC1. The molecule has 1 fully saturated rings. The molecular weight excluding hydrogens is 448 g/mol. The van der Waals surface area contributed by atoms with Gasteiger partial charge in [-0.1, -0.05) is 23.2 Å². The van der Waals surface area contributed by atoms with E-state index in [0.29, 0.717) is 36.2 Å². The van der Waals surface area contributed by atoms with Crippen molar-refractivity contribution in [3.05, 3.63) is 62.1 Å². The Labute approximate surface area is 167 Å². The number of hydrogen-bond acceptors (Lipinski definition) is 3. The Morgan fingerprint density at radius 2 is 1.58 bits per heavy atom. The molecule has 1 aliphatic rings. The van der Waals surface area contributed by atoms with Gasteiger partial charge in [0, 0.05) is 36.8 Å². The fourth-order valence-electron chi connectivity index (χ4n) is 2.69. The second-order valence-electron chi connectivity index (χ2n) is 5.70. The number of benzene rings is 1. The summed E-state index contributed by atoms with van der Waals surface area (Å²) in [6.07, 6.45) is 1.52. The molecule has 0 atom stereocenters. The molecule has 0 aliphatic carbocycles. The number of hydrogen-bond donors (Lipinski definition) is 0. The molecule has 0 bridgehead atoms. The quantitative estimate of drug-likeness (QED) is 0.639. The highest BCUT2D eigenvalue weighted by molar-refractivity contribution is 9.10. The van der Waals surface area contributed by atoms with Crippen LogP contribution in [0.3, 0.4) is 0 Å². The van der Waals surface area contributed by atoms with Crippen LogP contribution in [0.2, 0.25) is 10.2 Å². The van der Waals surface area contributed by atoms with Gasteiger partial charge in [0.1, 0.15) is 11.0 Å². The highest BCUT2D eigenvalue weighted by Gasteiger charge is 2.27. The Balaban J connectivity index is 1.68. The fourth-order valence-corrected chi connectivity index (χ4v) is 3.45. The lowest BCUT2D eigenvalue weighted by Gasteiger charge is -2.35. The van der Waals surface area contributed by atoms with Crippen LogP contribution in [0.5, 0.6) is 0 Å². The van der Waals surface area contributed by atoms with E-state index >= 15 is 0 Å². The van der Waals surface area contributed by atoms with Crippen LogP contribution < -0.4 is 0 Å². The average molecular weight is 461 g/mol. The van der Waals surface area contributed by atoms with E-state index in [1.807, 2.05) is 0 Å². The topological polar surface area (TPSA) is 53.5 Å². The van der Waals surface area contributed by atoms with E-state index in [2.05, 4.69) is 20.9 Å². The van der Waals surface area contributed by atoms with Gasteiger partial charge in [0.2, 0.25) is 0 Å². The van der Waals surface area contributed by atoms with Crippen LogP contribution in [0.25, 0.3) is 0 Å². The highest BCUT2D eigenvalue weighted by atomic mass is 79.9. The van der Waals surface area contributed by atoms with E-state index in [4.69, 9.17) is 23.2 Å². The molecule has 3 rings (SSSR count). The Kier molecular flexibility index (Phi) is 5.79. The van der Waals surface area contributed by atoms with Crippen LogP contribution in [0.4, 0.5) is 4.39 Å². The van der Waals surface area contributed by atoms with E-state index in [0.717, 1.165) is 6.07 Å². The molecule has 2 aromatic rings. The number of rotatable bonds is 2. The molecule has 1 aromatic heterocycles. The third-order valence-corrected chi connectivity index (χ3v) is 5.10. The van der Waals surface area contributed by atoms with Crippen molar-refractivity contribution < 1.29 is 14.0 Å². The van der Waals surface area contributed by atoms with E-state index in [9.17, 15) is 14.0 Å². The maximum atomic E-state index is 13.1. The largest absolute Gasteiger partial charge is 0.335 e. The molecule has 0 unspecified atom stereocenters. The maximum Gasteiger partial charge on any atom is 0.257 e. The summed E-state index contributed by atoms with van der Waals surface area (Å²) in [6, 6.07) is 5.29. The normalized spacial score (nSPS) is 14.5. The van der Waals surface area contributed by atoms with E-state index in [1.165, 1.54) is 18.3 Å². The smallest absolute Gasteiger partial charge is 0.257 e. The first-order valence-electron chi connectivity index (χ1n) is 7.71. The zero-order chi connectivity index (χ0) is 18.8. The molecule has 0 saturated carbocycles. The molecule has 5 nitrogen and oxygen atoms in total. The van der Waals surface area contributed by atoms with Gasteiger partial charge in [0.15, 0.2) is 0 Å². The predicted molar refractivity (Wildman–Crippen MR) is 100 cm³/mol. The third kappa shape index (κ3) is 4.00. The second-order valence-corrected chi connectivity index (χ2v) is 7.38. The van der Waals surface area contributed by atoms with Gasteiger partial charge in [-0.3, -0.25) is 9.59 Å². The number of piperazine rings is 1. The lowest BCUT2D eigenvalue weighted by Crippen LogP contribution is -2.50. The molecule has 1 aromatic carbocycles. The number of carbonyl (C=O) groups is 2. The van der Waals surface area contributed by atoms with Crippen molar-refractivity contribution in [1.29, 1.82) is 0 Å². The summed E-state index contributed by atoms with van der Waals surface area (Å²) in [5, 5.41) is 0.204. The molecule has 26 heavy (non-hydrogen) atoms. The van der Waals surface area contributed by atoms with Crippen LogP contribution >= 0.6 is 39.1 Å². The molecular formula is C17H13BrCl2FN3O2. The van der Waals surface area contributed by atoms with Gasteiger partial charge in [0.05, 0.1) is 16.1 Å². The summed E-state index contributed by atoms with van der Waals surface area (Å²) >= 11 is 15.2. The molecule has 0 N–H and O–H groups in total. The zero-order valence-corrected chi connectivity index (χ0v) is 16.5. The summed E-state index contributed by atoms with van der Waals surface area (Å²) in [4.78, 5) is 32.3. The molecule has 0 spiro atoms. The molecule has 2 heterocycles. The number of nitrogens with zero attached hydrogens (tertiary/aromatic N) is 3. The van der Waals surface area contributed by atoms with Gasteiger partial charge in [-0.15, -0.1) is 0 Å². The minimum absolute atomic E-state index is 0.0699. The Morgan fingerprint density at radius 3 is 2.15 bits per heavy atom. The second kappa shape index (κ2) is 7.90. The zero-order valence-electron chi connectivity index (χ0n) is 13.4. The van der Waals surface area contributed by atoms with Crippen LogP contribution in [0.1, 0.15) is 20.7 Å². The highest BCUT2D eigenvalue weighted by Crippen LogP contribution is 2.22. The first-order valence-corrected chi connectivity index (χ1v) is 9.26. The van der Waals surface area contributed by atoms with Crippen molar-refractivity contribution in [3.8, 4) is 0 Å². The first kappa shape index (κ1) is 19.1. The standard InChI is InChI=1S/C17H13BrCl2FN3O2/c18-10-7-13(15(20)22-9-10)17(26)24-5-3-23(4-6-24)16(25)12-2-1-11(21)8-14(12)19/h1-2,7-9H,3-6H2. The van der Waals surface area contributed by atoms with Crippen LogP contribution in [-0.4, -0.2) is 52.8 Å². The Bertz CT molecular complexity index is 873. The van der Waals surface area contributed by atoms with Gasteiger partial charge in [-0.25, -0.2) is 9.37 Å². The molecule has 0 radical (unpaired) electrons. The van der Waals surface area contributed by atoms with Crippen molar-refractivity contribution in [2.45, 2.75) is 0 Å². The number of halogens is 4. The van der Waals surface area contributed by atoms with Crippen molar-refractivity contribution in [1.82, 2.24) is 14.8 Å². The minimum Gasteiger partial charge on any atom is -0.335 e. The first-order chi connectivity index (χ1) is 12.4. The molecule has 1 aliphatic heterocycles. The molecule has 2 amide bonds. The third-order valence-electron chi connectivity index (χ3n) is 4.05. The van der Waals surface area contributed by atoms with Gasteiger partial charge in [-0.05, 0) is 40.2 Å². The van der Waals surface area contributed by atoms with Crippen LogP contribution in [0, 0.1) is 5.82 Å². The summed E-state index contributed by atoms with van der Waals surface area (Å²) in [5.74, 6) is -1.03. The van der Waals surface area contributed by atoms with Crippen molar-refractivity contribution in [2.75, 3.05) is 26.2 Å². The van der Waals surface area contributed by atoms with Gasteiger partial charge in [-0.2, -0.15) is 0 Å². The molecule has 1 saturated heterocycles. The maximum absolute atomic E-state index is 13.1. The predicted octanol–water partition coefficient (Wildman–Crippen LogP) is 3.89. The van der Waals surface area contributed by atoms with Gasteiger partial charge >= 0.3 is 0 Å². The van der Waals surface area contributed by atoms with Gasteiger partial charge < -0.3 is 9.80 Å². The number of carbonyl (C=O) groups excluding carboxylic acids is 2. The summed E-state index contributed by atoms with van der Waals surface area (Å²) in [7, 11) is 0. The summed E-state index contributed by atoms with van der Waals surface area (Å²) in [5.41, 5.74) is 0.550. The summed E-state index contributed by atoms with van der Waals surface area (Å²) in [6.45, 7) is 1.40. The lowest BCUT2D eigenvalue weighted by molar-refractivity contribution is 0.0535. The van der Waals surface area contributed by atoms with E-state index < -0.39 is 5.82 Å². The van der Waals surface area contributed by atoms with E-state index in [1.54, 1.807) is 15.9 Å². The van der Waals surface area contributed by atoms with Crippen molar-refractivity contribution in [2.24, 2.45) is 0 Å². The number of amides is 2. The average Bonchev–Trinajstić information content (AvgIpc) is 2.63. The Hall–Kier alpha value is -1.70. The molecule has 136 valence electrons. The fraction of sp³-hybridized carbons (Fsp3) is 0.235. The monoisotopic (exact) mass is 459 g/mol. The lowest BCUT2D eigenvalue weighted by atomic mass is 10.1. The number of aromatic nitrogens is 1. The number of pyridine rings is 1. The van der Waals surface area contributed by atoms with Gasteiger partial charge in [0.25, 0.3) is 11.8 Å².